The molecule has 0 saturated carbocycles. The molecule has 2 N–H and O–H groups in total. The summed E-state index contributed by atoms with van der Waals surface area (Å²) in [6, 6.07) is 9.72. The van der Waals surface area contributed by atoms with E-state index in [2.05, 4.69) is 55.1 Å². The summed E-state index contributed by atoms with van der Waals surface area (Å²) in [5.41, 5.74) is 2.85. The first kappa shape index (κ1) is 20.7. The first-order chi connectivity index (χ1) is 11.8. The highest BCUT2D eigenvalue weighted by atomic mass is 16.4. The monoisotopic (exact) mass is 348 g/mol. The van der Waals surface area contributed by atoms with Crippen LogP contribution in [-0.4, -0.2) is 60.3 Å². The molecule has 138 valence electrons. The average molecular weight is 348 g/mol. The van der Waals surface area contributed by atoms with E-state index in [-0.39, 0.29) is 0 Å². The molecular formula is C19H28N2O4. The Kier molecular flexibility index (Phi) is 8.70. The van der Waals surface area contributed by atoms with Gasteiger partial charge < -0.3 is 20.0 Å². The van der Waals surface area contributed by atoms with Gasteiger partial charge in [0, 0.05) is 37.0 Å². The number of anilines is 1. The zero-order chi connectivity index (χ0) is 18.8. The van der Waals surface area contributed by atoms with E-state index < -0.39 is 11.9 Å². The second kappa shape index (κ2) is 10.5. The van der Waals surface area contributed by atoms with Gasteiger partial charge in [0.2, 0.25) is 0 Å². The molecule has 0 radical (unpaired) electrons. The van der Waals surface area contributed by atoms with Gasteiger partial charge in [0.25, 0.3) is 0 Å². The third kappa shape index (κ3) is 7.85. The Morgan fingerprint density at radius 3 is 2.40 bits per heavy atom. The van der Waals surface area contributed by atoms with Gasteiger partial charge in [-0.05, 0) is 51.1 Å². The highest BCUT2D eigenvalue weighted by Gasteiger charge is 2.24. The molecule has 1 fully saturated rings. The van der Waals surface area contributed by atoms with E-state index in [4.69, 9.17) is 10.2 Å². The maximum atomic E-state index is 9.55. The molecule has 6 heteroatoms. The highest BCUT2D eigenvalue weighted by Crippen LogP contribution is 2.26. The van der Waals surface area contributed by atoms with Crippen molar-refractivity contribution in [3.05, 3.63) is 42.0 Å². The van der Waals surface area contributed by atoms with Gasteiger partial charge in [-0.15, -0.1) is 0 Å². The Morgan fingerprint density at radius 2 is 1.88 bits per heavy atom. The first-order valence-electron chi connectivity index (χ1n) is 8.47. The lowest BCUT2D eigenvalue weighted by Crippen LogP contribution is -2.37. The van der Waals surface area contributed by atoms with Crippen LogP contribution in [0.1, 0.15) is 25.3 Å². The van der Waals surface area contributed by atoms with Crippen LogP contribution < -0.4 is 4.90 Å². The van der Waals surface area contributed by atoms with Crippen LogP contribution >= 0.6 is 0 Å². The Morgan fingerprint density at radius 1 is 1.24 bits per heavy atom. The molecular weight excluding hydrogens is 320 g/mol. The number of nitrogens with zero attached hydrogens (tertiary/aromatic N) is 2. The van der Waals surface area contributed by atoms with E-state index in [9.17, 15) is 9.59 Å². The van der Waals surface area contributed by atoms with Gasteiger partial charge in [-0.2, -0.15) is 0 Å². The predicted octanol–water partition coefficient (Wildman–Crippen LogP) is 2.49. The summed E-state index contributed by atoms with van der Waals surface area (Å²) >= 11 is 0. The van der Waals surface area contributed by atoms with Crippen LogP contribution in [-0.2, 0) is 16.0 Å². The molecule has 1 unspecified atom stereocenters. The topological polar surface area (TPSA) is 81.1 Å². The number of likely N-dealkylation sites (N-methyl/N-ethyl adjacent to an activating group) is 1. The number of benzene rings is 1. The Balaban J connectivity index is 0.000000333. The second-order valence-electron chi connectivity index (χ2n) is 6.28. The van der Waals surface area contributed by atoms with Crippen molar-refractivity contribution in [3.63, 3.8) is 0 Å². The summed E-state index contributed by atoms with van der Waals surface area (Å²) in [5, 5.41) is 15.6. The van der Waals surface area contributed by atoms with E-state index in [0.29, 0.717) is 18.2 Å². The summed E-state index contributed by atoms with van der Waals surface area (Å²) < 4.78 is 0. The zero-order valence-electron chi connectivity index (χ0n) is 15.2. The first-order valence-corrected chi connectivity index (χ1v) is 8.47. The number of carbonyl (C=O) groups is 2. The fraction of sp³-hybridized carbons (Fsp3) is 0.474. The number of carboxylic acid groups (broad SMARTS) is 2. The highest BCUT2D eigenvalue weighted by molar-refractivity contribution is 5.89. The van der Waals surface area contributed by atoms with Crippen molar-refractivity contribution >= 4 is 17.6 Å². The molecule has 1 aliphatic heterocycles. The van der Waals surface area contributed by atoms with Crippen LogP contribution in [0.2, 0.25) is 0 Å². The molecule has 25 heavy (non-hydrogen) atoms. The largest absolute Gasteiger partial charge is 0.478 e. The van der Waals surface area contributed by atoms with Crippen molar-refractivity contribution in [1.29, 1.82) is 0 Å². The fourth-order valence-corrected chi connectivity index (χ4v) is 2.88. The third-order valence-corrected chi connectivity index (χ3v) is 3.97. The van der Waals surface area contributed by atoms with Crippen LogP contribution in [0.25, 0.3) is 0 Å². The Hall–Kier alpha value is -2.34. The lowest BCUT2D eigenvalue weighted by Gasteiger charge is -2.29. The van der Waals surface area contributed by atoms with Crippen molar-refractivity contribution in [2.75, 3.05) is 32.1 Å². The van der Waals surface area contributed by atoms with Crippen LogP contribution in [0.4, 0.5) is 5.69 Å². The molecule has 2 rings (SSSR count). The van der Waals surface area contributed by atoms with Crippen LogP contribution in [0.15, 0.2) is 36.4 Å². The van der Waals surface area contributed by atoms with Gasteiger partial charge in [-0.25, -0.2) is 9.59 Å². The molecule has 0 aliphatic carbocycles. The Bertz CT molecular complexity index is 583. The van der Waals surface area contributed by atoms with Crippen molar-refractivity contribution in [3.8, 4) is 0 Å². The lowest BCUT2D eigenvalue weighted by molar-refractivity contribution is -0.134. The average Bonchev–Trinajstić information content (AvgIpc) is 3.01. The van der Waals surface area contributed by atoms with Gasteiger partial charge >= 0.3 is 11.9 Å². The van der Waals surface area contributed by atoms with E-state index in [1.165, 1.54) is 30.6 Å². The van der Waals surface area contributed by atoms with Crippen LogP contribution in [0, 0.1) is 0 Å². The van der Waals surface area contributed by atoms with E-state index in [1.807, 2.05) is 0 Å². The van der Waals surface area contributed by atoms with Crippen LogP contribution in [0.3, 0.4) is 0 Å². The van der Waals surface area contributed by atoms with Gasteiger partial charge in [-0.3, -0.25) is 0 Å². The molecule has 0 bridgehead atoms. The number of rotatable bonds is 6. The molecule has 1 aromatic carbocycles. The Labute approximate surface area is 149 Å². The number of hydrogen-bond donors (Lipinski definition) is 2. The van der Waals surface area contributed by atoms with Crippen molar-refractivity contribution in [2.45, 2.75) is 32.2 Å². The van der Waals surface area contributed by atoms with Crippen molar-refractivity contribution in [1.82, 2.24) is 4.90 Å². The molecule has 0 amide bonds. The molecule has 1 atom stereocenters. The van der Waals surface area contributed by atoms with Gasteiger partial charge in [0.15, 0.2) is 0 Å². The quantitative estimate of drug-likeness (QED) is 0.769. The lowest BCUT2D eigenvalue weighted by atomic mass is 10.1. The number of aryl methyl sites for hydroxylation is 1. The zero-order valence-corrected chi connectivity index (χ0v) is 15.2. The van der Waals surface area contributed by atoms with Gasteiger partial charge in [0.05, 0.1) is 0 Å². The fourth-order valence-electron chi connectivity index (χ4n) is 2.88. The van der Waals surface area contributed by atoms with Gasteiger partial charge in [0.1, 0.15) is 0 Å². The number of aliphatic carboxylic acids is 2. The SMILES string of the molecule is CCc1cccc(N2CCCC2CN(C)C)c1.O=C(O)C=CC(=O)O. The smallest absolute Gasteiger partial charge is 0.328 e. The minimum absolute atomic E-state index is 0.558. The van der Waals surface area contributed by atoms with Crippen molar-refractivity contribution in [2.24, 2.45) is 0 Å². The molecule has 1 aromatic rings. The minimum Gasteiger partial charge on any atom is -0.478 e. The summed E-state index contributed by atoms with van der Waals surface area (Å²) in [5.74, 6) is -2.51. The predicted molar refractivity (Wildman–Crippen MR) is 99.2 cm³/mol. The number of hydrogen-bond acceptors (Lipinski definition) is 4. The van der Waals surface area contributed by atoms with E-state index >= 15 is 0 Å². The van der Waals surface area contributed by atoms with Crippen LogP contribution in [0.5, 0.6) is 0 Å². The molecule has 6 nitrogen and oxygen atoms in total. The maximum Gasteiger partial charge on any atom is 0.328 e. The minimum atomic E-state index is -1.26. The summed E-state index contributed by atoms with van der Waals surface area (Å²) in [6.07, 6.45) is 4.90. The van der Waals surface area contributed by atoms with E-state index in [0.717, 1.165) is 13.0 Å². The van der Waals surface area contributed by atoms with Crippen molar-refractivity contribution < 1.29 is 19.8 Å². The summed E-state index contributed by atoms with van der Waals surface area (Å²) in [7, 11) is 4.33. The van der Waals surface area contributed by atoms with Gasteiger partial charge in [-0.1, -0.05) is 19.1 Å². The maximum absolute atomic E-state index is 9.55. The summed E-state index contributed by atoms with van der Waals surface area (Å²) in [4.78, 5) is 24.0. The summed E-state index contributed by atoms with van der Waals surface area (Å²) in [6.45, 7) is 4.60. The number of carboxylic acids is 2. The molecule has 0 aromatic heterocycles. The molecule has 1 heterocycles. The molecule has 0 spiro atoms. The van der Waals surface area contributed by atoms with E-state index in [1.54, 1.807) is 0 Å². The standard InChI is InChI=1S/C15H24N2.C4H4O4/c1-4-13-7-5-8-14(11-13)17-10-6-9-15(17)12-16(2)3;5-3(6)1-2-4(7)8/h5,7-8,11,15H,4,6,9-10,12H2,1-3H3;1-2H,(H,5,6)(H,7,8). The molecule has 1 saturated heterocycles. The third-order valence-electron chi connectivity index (χ3n) is 3.97. The molecule has 1 aliphatic rings. The normalized spacial score (nSPS) is 16.8. The second-order valence-corrected chi connectivity index (χ2v) is 6.28.